The number of nitrogens with zero attached hydrogens (tertiary/aromatic N) is 4. The molecule has 2 heterocycles. The summed E-state index contributed by atoms with van der Waals surface area (Å²) in [5.74, 6) is 0. The van der Waals surface area contributed by atoms with Crippen molar-refractivity contribution in [2.75, 3.05) is 13.1 Å². The van der Waals surface area contributed by atoms with Crippen molar-refractivity contribution in [3.8, 4) is 17.2 Å². The number of piperidine rings is 1. The summed E-state index contributed by atoms with van der Waals surface area (Å²) in [7, 11) is 1.90. The van der Waals surface area contributed by atoms with E-state index in [0.717, 1.165) is 16.7 Å². The zero-order valence-corrected chi connectivity index (χ0v) is 18.5. The fourth-order valence-corrected chi connectivity index (χ4v) is 6.06. The maximum absolute atomic E-state index is 10.5. The Morgan fingerprint density at radius 3 is 2.52 bits per heavy atom. The van der Waals surface area contributed by atoms with E-state index in [9.17, 15) is 8.70 Å². The Kier molecular flexibility index (Phi) is 5.91. The van der Waals surface area contributed by atoms with Crippen molar-refractivity contribution in [1.82, 2.24) is 12.9 Å². The molecule has 1 fully saturated rings. The molecule has 0 aliphatic carbocycles. The number of hydrogen-bond donors (Lipinski definition) is 1. The molecule has 6 nitrogen and oxygen atoms in total. The molecule has 146 valence electrons. The van der Waals surface area contributed by atoms with E-state index in [1.165, 1.54) is 0 Å². The Morgan fingerprint density at radius 1 is 1.26 bits per heavy atom. The summed E-state index contributed by atoms with van der Waals surface area (Å²) in [6, 6.07) is 10.8. The number of aromatic nitrogens is 2. The zero-order chi connectivity index (χ0) is 19.7. The van der Waals surface area contributed by atoms with Crippen LogP contribution in [-0.2, 0) is 15.5 Å². The summed E-state index contributed by atoms with van der Waals surface area (Å²) in [6.45, 7) is 7.24. The van der Waals surface area contributed by atoms with Crippen LogP contribution in [0.3, 0.4) is 0 Å². The second-order valence-corrected chi connectivity index (χ2v) is 11.0. The third kappa shape index (κ3) is 4.69. The van der Waals surface area contributed by atoms with Crippen LogP contribution >= 0.6 is 20.9 Å². The van der Waals surface area contributed by atoms with Gasteiger partial charge in [0.2, 0.25) is 0 Å². The van der Waals surface area contributed by atoms with Gasteiger partial charge >= 0.3 is 170 Å². The van der Waals surface area contributed by atoms with Crippen molar-refractivity contribution in [1.29, 1.82) is 5.26 Å². The minimum absolute atomic E-state index is 0.346. The fourth-order valence-electron chi connectivity index (χ4n) is 3.29. The molecule has 0 bridgehead atoms. The number of hydrogen-bond acceptors (Lipinski definition) is 5. The second kappa shape index (κ2) is 7.87. The average Bonchev–Trinajstić information content (AvgIpc) is 3.07. The topological polar surface area (TPSA) is 74.3 Å². The SMILES string of the molecule is Cn1cc(-c2cccc(C3(C#N)CCN(I(O)OC(C)(C)C)CC3)c2)cn1. The van der Waals surface area contributed by atoms with Gasteiger partial charge in [0.05, 0.1) is 0 Å². The summed E-state index contributed by atoms with van der Waals surface area (Å²) in [5.41, 5.74) is 2.30. The van der Waals surface area contributed by atoms with Crippen LogP contribution in [0.15, 0.2) is 36.7 Å². The van der Waals surface area contributed by atoms with Crippen LogP contribution in [0.25, 0.3) is 11.1 Å². The molecule has 1 aliphatic heterocycles. The number of aryl methyl sites for hydroxylation is 1. The van der Waals surface area contributed by atoms with Gasteiger partial charge in [0, 0.05) is 0 Å². The average molecular weight is 482 g/mol. The fraction of sp³-hybridized carbons (Fsp3) is 0.500. The van der Waals surface area contributed by atoms with Crippen LogP contribution < -0.4 is 0 Å². The molecular formula is C20H27IN4O2. The van der Waals surface area contributed by atoms with Gasteiger partial charge in [0.1, 0.15) is 0 Å². The normalized spacial score (nSPS) is 18.1. The molecule has 0 unspecified atom stereocenters. The molecule has 0 amide bonds. The standard InChI is InChI=1S/C20H27IN4O2/c1-19(2,3)27-21(26)25-10-8-20(15-22,9-11-25)18-7-5-6-16(12-18)17-13-23-24(4)14-17/h5-7,12-14,26H,8-11H2,1-4H3. The van der Waals surface area contributed by atoms with Crippen LogP contribution in [0.4, 0.5) is 0 Å². The van der Waals surface area contributed by atoms with Crippen LogP contribution in [0, 0.1) is 11.3 Å². The first-order valence-electron chi connectivity index (χ1n) is 9.07. The monoisotopic (exact) mass is 482 g/mol. The molecule has 1 aromatic heterocycles. The van der Waals surface area contributed by atoms with E-state index in [-0.39, 0.29) is 5.60 Å². The van der Waals surface area contributed by atoms with E-state index < -0.39 is 26.3 Å². The van der Waals surface area contributed by atoms with E-state index in [1.54, 1.807) is 4.68 Å². The van der Waals surface area contributed by atoms with E-state index in [4.69, 9.17) is 3.07 Å². The van der Waals surface area contributed by atoms with Crippen molar-refractivity contribution in [2.24, 2.45) is 7.05 Å². The molecule has 1 aliphatic rings. The van der Waals surface area contributed by atoms with Gasteiger partial charge in [-0.05, 0) is 0 Å². The summed E-state index contributed by atoms with van der Waals surface area (Å²) in [6.07, 6.45) is 5.21. The molecule has 2 aromatic rings. The van der Waals surface area contributed by atoms with Crippen LogP contribution in [0.5, 0.6) is 0 Å². The van der Waals surface area contributed by atoms with Crippen molar-refractivity contribution < 1.29 is 6.50 Å². The van der Waals surface area contributed by atoms with Crippen LogP contribution in [0.1, 0.15) is 39.2 Å². The zero-order valence-electron chi connectivity index (χ0n) is 16.3. The van der Waals surface area contributed by atoms with Crippen LogP contribution in [-0.4, -0.2) is 35.0 Å². The summed E-state index contributed by atoms with van der Waals surface area (Å²) in [4.78, 5) is 0. The Hall–Kier alpha value is -1.47. The molecular weight excluding hydrogens is 455 g/mol. The Bertz CT molecular complexity index is 829. The molecule has 1 N–H and O–H groups in total. The second-order valence-electron chi connectivity index (χ2n) is 7.99. The first-order chi connectivity index (χ1) is 12.7. The van der Waals surface area contributed by atoms with Gasteiger partial charge in [0.15, 0.2) is 0 Å². The Labute approximate surface area is 169 Å². The Morgan fingerprint density at radius 2 is 1.96 bits per heavy atom. The number of nitriles is 1. The first-order valence-corrected chi connectivity index (χ1v) is 11.9. The number of benzene rings is 1. The summed E-state index contributed by atoms with van der Waals surface area (Å²) >= 11 is -2.60. The van der Waals surface area contributed by atoms with E-state index in [1.807, 2.05) is 52.3 Å². The molecule has 27 heavy (non-hydrogen) atoms. The molecule has 7 heteroatoms. The van der Waals surface area contributed by atoms with Gasteiger partial charge in [-0.3, -0.25) is 0 Å². The van der Waals surface area contributed by atoms with Gasteiger partial charge in [-0.25, -0.2) is 0 Å². The number of rotatable bonds is 4. The third-order valence-electron chi connectivity index (χ3n) is 4.73. The van der Waals surface area contributed by atoms with Gasteiger partial charge in [0.25, 0.3) is 0 Å². The van der Waals surface area contributed by atoms with E-state index in [0.29, 0.717) is 25.9 Å². The van der Waals surface area contributed by atoms with Gasteiger partial charge < -0.3 is 0 Å². The van der Waals surface area contributed by atoms with Crippen LogP contribution in [0.2, 0.25) is 0 Å². The van der Waals surface area contributed by atoms with E-state index >= 15 is 0 Å². The quantitative estimate of drug-likeness (QED) is 0.527. The first kappa shape index (κ1) is 20.3. The van der Waals surface area contributed by atoms with Crippen molar-refractivity contribution >= 4 is 20.9 Å². The summed E-state index contributed by atoms with van der Waals surface area (Å²) < 4.78 is 20.1. The number of halogens is 1. The molecule has 1 aromatic carbocycles. The third-order valence-corrected chi connectivity index (χ3v) is 8.58. The van der Waals surface area contributed by atoms with Crippen molar-refractivity contribution in [3.05, 3.63) is 42.2 Å². The Balaban J connectivity index is 1.77. The maximum atomic E-state index is 10.5. The predicted molar refractivity (Wildman–Crippen MR) is 114 cm³/mol. The van der Waals surface area contributed by atoms with Gasteiger partial charge in [-0.15, -0.1) is 0 Å². The van der Waals surface area contributed by atoms with E-state index in [2.05, 4.69) is 26.4 Å². The molecule has 0 radical (unpaired) electrons. The van der Waals surface area contributed by atoms with Crippen molar-refractivity contribution in [3.63, 3.8) is 0 Å². The minimum atomic E-state index is -2.60. The molecule has 0 spiro atoms. The molecule has 1 saturated heterocycles. The van der Waals surface area contributed by atoms with Gasteiger partial charge in [-0.2, -0.15) is 0 Å². The molecule has 0 atom stereocenters. The van der Waals surface area contributed by atoms with Crippen molar-refractivity contribution in [2.45, 2.75) is 44.6 Å². The molecule has 3 rings (SSSR count). The molecule has 0 saturated carbocycles. The van der Waals surface area contributed by atoms with Gasteiger partial charge in [-0.1, -0.05) is 0 Å². The predicted octanol–water partition coefficient (Wildman–Crippen LogP) is 4.00. The summed E-state index contributed by atoms with van der Waals surface area (Å²) in [5, 5.41) is 14.2.